The van der Waals surface area contributed by atoms with Gasteiger partial charge in [0, 0.05) is 12.3 Å². The first-order valence-corrected chi connectivity index (χ1v) is 11.4. The molecule has 2 N–H and O–H groups in total. The van der Waals surface area contributed by atoms with Crippen molar-refractivity contribution in [3.8, 4) is 23.5 Å². The van der Waals surface area contributed by atoms with Crippen molar-refractivity contribution in [2.24, 2.45) is 5.41 Å². The highest BCUT2D eigenvalue weighted by atomic mass is 16.5. The molecule has 0 spiro atoms. The molecule has 0 aromatic heterocycles. The maximum Gasteiger partial charge on any atom is 0.407 e. The number of carbonyl (C=O) groups excluding carboxylic acids is 1. The van der Waals surface area contributed by atoms with Gasteiger partial charge in [0.15, 0.2) is 0 Å². The Hall–Kier alpha value is -3.30. The molecule has 6 nitrogen and oxygen atoms in total. The van der Waals surface area contributed by atoms with Crippen molar-refractivity contribution in [3.63, 3.8) is 0 Å². The summed E-state index contributed by atoms with van der Waals surface area (Å²) in [5.74, 6) is 1.49. The van der Waals surface area contributed by atoms with Crippen LogP contribution in [-0.2, 0) is 9.53 Å². The topological polar surface area (TPSA) is 75.6 Å². The third-order valence-corrected chi connectivity index (χ3v) is 7.10. The van der Waals surface area contributed by atoms with E-state index in [0.29, 0.717) is 17.4 Å². The van der Waals surface area contributed by atoms with E-state index >= 15 is 0 Å². The van der Waals surface area contributed by atoms with E-state index in [-0.39, 0.29) is 18.9 Å². The molecule has 4 rings (SSSR count). The molecule has 1 aliphatic carbocycles. The number of benzene rings is 2. The van der Waals surface area contributed by atoms with Gasteiger partial charge in [0.25, 0.3) is 0 Å². The number of rotatable bonds is 6. The molecule has 2 aromatic rings. The first-order valence-electron chi connectivity index (χ1n) is 11.4. The van der Waals surface area contributed by atoms with Crippen molar-refractivity contribution in [1.29, 1.82) is 0 Å². The van der Waals surface area contributed by atoms with Crippen LogP contribution in [0.5, 0.6) is 0 Å². The van der Waals surface area contributed by atoms with Crippen LogP contribution in [0.4, 0.5) is 4.79 Å². The lowest BCUT2D eigenvalue weighted by atomic mass is 9.70. The highest BCUT2D eigenvalue weighted by Gasteiger charge is 2.50. The van der Waals surface area contributed by atoms with E-state index in [1.54, 1.807) is 0 Å². The molecule has 1 heterocycles. The predicted octanol–water partition coefficient (Wildman–Crippen LogP) is 3.86. The third kappa shape index (κ3) is 4.46. The summed E-state index contributed by atoms with van der Waals surface area (Å²) in [5.41, 5.74) is 3.78. The molecule has 1 saturated heterocycles. The van der Waals surface area contributed by atoms with Gasteiger partial charge in [-0.05, 0) is 35.1 Å². The molecule has 0 saturated carbocycles. The zero-order valence-corrected chi connectivity index (χ0v) is 19.2. The Morgan fingerprint density at radius 2 is 1.79 bits per heavy atom. The van der Waals surface area contributed by atoms with Gasteiger partial charge in [-0.2, -0.15) is 0 Å². The second kappa shape index (κ2) is 8.92. The number of likely N-dealkylation sites (tertiary alicyclic amines) is 1. The number of alkyl carbamates (subject to hydrolysis) is 1. The molecule has 0 radical (unpaired) electrons. The van der Waals surface area contributed by atoms with E-state index in [1.807, 2.05) is 36.4 Å². The fourth-order valence-electron chi connectivity index (χ4n) is 5.79. The number of carboxylic acids is 1. The standard InChI is InChI=1S/C27H30N2O4/c1-4-14-27(15-9-16-29(2,3)18-27)24(25(30)31)28-26(32)33-17-23-21-12-7-5-10-19(21)20-11-6-8-13-22(20)23/h1,5-8,10-13,23-24H,9,14-18H2,2-3H3,(H-,28,30,31,32)/p+1/t24-,27-/m0/s1. The summed E-state index contributed by atoms with van der Waals surface area (Å²) in [4.78, 5) is 25.1. The average molecular weight is 448 g/mol. The Kier molecular flexibility index (Phi) is 6.18. The van der Waals surface area contributed by atoms with E-state index in [9.17, 15) is 14.7 Å². The fourth-order valence-corrected chi connectivity index (χ4v) is 5.79. The molecule has 0 unspecified atom stereocenters. The van der Waals surface area contributed by atoms with E-state index in [0.717, 1.165) is 35.2 Å². The molecule has 33 heavy (non-hydrogen) atoms. The van der Waals surface area contributed by atoms with Crippen molar-refractivity contribution >= 4 is 12.1 Å². The molecular formula is C27H31N2O4+. The lowest BCUT2D eigenvalue weighted by Crippen LogP contribution is -2.62. The van der Waals surface area contributed by atoms with Crippen molar-refractivity contribution in [1.82, 2.24) is 5.32 Å². The molecule has 1 fully saturated rings. The molecular weight excluding hydrogens is 416 g/mol. The van der Waals surface area contributed by atoms with E-state index < -0.39 is 23.5 Å². The number of carboxylic acid groups (broad SMARTS) is 1. The summed E-state index contributed by atoms with van der Waals surface area (Å²) in [5, 5.41) is 12.7. The van der Waals surface area contributed by atoms with Crippen molar-refractivity contribution in [2.75, 3.05) is 33.8 Å². The number of aliphatic carboxylic acids is 1. The largest absolute Gasteiger partial charge is 0.480 e. The van der Waals surface area contributed by atoms with Crippen molar-refractivity contribution in [3.05, 3.63) is 59.7 Å². The zero-order valence-electron chi connectivity index (χ0n) is 19.2. The highest BCUT2D eigenvalue weighted by molar-refractivity contribution is 5.82. The van der Waals surface area contributed by atoms with E-state index in [2.05, 4.69) is 37.5 Å². The van der Waals surface area contributed by atoms with Gasteiger partial charge in [-0.1, -0.05) is 48.5 Å². The maximum atomic E-state index is 12.8. The van der Waals surface area contributed by atoms with E-state index in [4.69, 9.17) is 11.2 Å². The lowest BCUT2D eigenvalue weighted by molar-refractivity contribution is -0.902. The molecule has 2 aromatic carbocycles. The lowest BCUT2D eigenvalue weighted by Gasteiger charge is -2.47. The second-order valence-electron chi connectivity index (χ2n) is 9.91. The number of piperidine rings is 1. The van der Waals surface area contributed by atoms with Crippen LogP contribution in [-0.4, -0.2) is 61.5 Å². The van der Waals surface area contributed by atoms with Gasteiger partial charge >= 0.3 is 12.1 Å². The van der Waals surface area contributed by atoms with Crippen molar-refractivity contribution in [2.45, 2.75) is 31.2 Å². The maximum absolute atomic E-state index is 12.8. The number of amides is 1. The van der Waals surface area contributed by atoms with Gasteiger partial charge in [-0.3, -0.25) is 0 Å². The number of fused-ring (bicyclic) bond motifs is 3. The predicted molar refractivity (Wildman–Crippen MR) is 127 cm³/mol. The molecule has 1 aliphatic heterocycles. The molecule has 6 heteroatoms. The minimum atomic E-state index is -1.11. The quantitative estimate of drug-likeness (QED) is 0.521. The van der Waals surface area contributed by atoms with Crippen molar-refractivity contribution < 1.29 is 23.9 Å². The number of terminal acetylenes is 1. The Morgan fingerprint density at radius 1 is 1.18 bits per heavy atom. The number of ether oxygens (including phenoxy) is 1. The molecule has 1 amide bonds. The Bertz CT molecular complexity index is 1060. The number of hydrogen-bond donors (Lipinski definition) is 2. The monoisotopic (exact) mass is 447 g/mol. The minimum Gasteiger partial charge on any atom is -0.480 e. The van der Waals surface area contributed by atoms with Gasteiger partial charge < -0.3 is 19.6 Å². The zero-order chi connectivity index (χ0) is 23.6. The highest BCUT2D eigenvalue weighted by Crippen LogP contribution is 2.44. The Morgan fingerprint density at radius 3 is 2.33 bits per heavy atom. The second-order valence-corrected chi connectivity index (χ2v) is 9.91. The van der Waals surface area contributed by atoms with E-state index in [1.165, 1.54) is 0 Å². The first kappa shape index (κ1) is 22.9. The molecule has 2 atom stereocenters. The molecule has 2 aliphatic rings. The van der Waals surface area contributed by atoms with Gasteiger partial charge in [0.1, 0.15) is 12.6 Å². The number of hydrogen-bond acceptors (Lipinski definition) is 3. The Labute approximate surface area is 195 Å². The number of carbonyl (C=O) groups is 2. The number of quaternary nitrogens is 1. The van der Waals surface area contributed by atoms with Crippen LogP contribution in [0.15, 0.2) is 48.5 Å². The smallest absolute Gasteiger partial charge is 0.407 e. The van der Waals surface area contributed by atoms with Crippen LogP contribution in [0.2, 0.25) is 0 Å². The third-order valence-electron chi connectivity index (χ3n) is 7.10. The van der Waals surface area contributed by atoms with Gasteiger partial charge in [0.05, 0.1) is 32.6 Å². The minimum absolute atomic E-state index is 0.0867. The summed E-state index contributed by atoms with van der Waals surface area (Å²) in [6.45, 7) is 1.66. The Balaban J connectivity index is 1.51. The summed E-state index contributed by atoms with van der Waals surface area (Å²) in [7, 11) is 4.13. The van der Waals surface area contributed by atoms with Gasteiger partial charge in [-0.15, -0.1) is 12.3 Å². The summed E-state index contributed by atoms with van der Waals surface area (Å²) >= 11 is 0. The first-order chi connectivity index (χ1) is 15.8. The van der Waals surface area contributed by atoms with Crippen LogP contribution < -0.4 is 5.32 Å². The summed E-state index contributed by atoms with van der Waals surface area (Å²) in [6, 6.07) is 15.1. The van der Waals surface area contributed by atoms with Gasteiger partial charge in [0.2, 0.25) is 0 Å². The fraction of sp³-hybridized carbons (Fsp3) is 0.407. The molecule has 0 bridgehead atoms. The van der Waals surface area contributed by atoms with Crippen LogP contribution in [0, 0.1) is 17.8 Å². The van der Waals surface area contributed by atoms with Crippen LogP contribution in [0.25, 0.3) is 11.1 Å². The summed E-state index contributed by atoms with van der Waals surface area (Å²) in [6.07, 6.45) is 6.71. The normalized spacial score (nSPS) is 21.8. The van der Waals surface area contributed by atoms with Crippen LogP contribution in [0.3, 0.4) is 0 Å². The van der Waals surface area contributed by atoms with Gasteiger partial charge in [-0.25, -0.2) is 9.59 Å². The van der Waals surface area contributed by atoms with Crippen LogP contribution in [0.1, 0.15) is 36.3 Å². The molecule has 172 valence electrons. The number of nitrogens with one attached hydrogen (secondary N) is 1. The number of nitrogens with zero attached hydrogens (tertiary/aromatic N) is 1. The summed E-state index contributed by atoms with van der Waals surface area (Å²) < 4.78 is 6.28. The average Bonchev–Trinajstić information content (AvgIpc) is 3.09. The SMILES string of the molecule is C#CC[C@]1([C@@H](NC(=O)OCC2c3ccccc3-c3ccccc32)C(=O)O)CCC[N+](C)(C)C1. The van der Waals surface area contributed by atoms with Crippen LogP contribution >= 0.6 is 0 Å².